The van der Waals surface area contributed by atoms with E-state index in [1.54, 1.807) is 0 Å². The van der Waals surface area contributed by atoms with E-state index in [2.05, 4.69) is 0 Å². The Kier molecular flexibility index (Phi) is 2.99. The van der Waals surface area contributed by atoms with Crippen molar-refractivity contribution >= 4 is 34.0 Å². The number of benzene rings is 1. The molecule has 0 heterocycles. The van der Waals surface area contributed by atoms with Crippen molar-refractivity contribution in [2.24, 2.45) is 0 Å². The van der Waals surface area contributed by atoms with E-state index in [4.69, 9.17) is 23.2 Å². The lowest BCUT2D eigenvalue weighted by molar-refractivity contribution is 0.461. The summed E-state index contributed by atoms with van der Waals surface area (Å²) in [5.41, 5.74) is 0. The van der Waals surface area contributed by atoms with Gasteiger partial charge in [0.05, 0.1) is 20.8 Å². The highest BCUT2D eigenvalue weighted by Gasteiger charge is 2.12. The maximum Gasteiger partial charge on any atom is 0.151 e. The molecule has 0 aromatic heterocycles. The molecule has 12 heavy (non-hydrogen) atoms. The Morgan fingerprint density at radius 2 is 1.83 bits per heavy atom. The summed E-state index contributed by atoms with van der Waals surface area (Å²) < 4.78 is 11.0. The van der Waals surface area contributed by atoms with Gasteiger partial charge in [0.25, 0.3) is 0 Å². The summed E-state index contributed by atoms with van der Waals surface area (Å²) in [6, 6.07) is 2.95. The zero-order chi connectivity index (χ0) is 9.30. The van der Waals surface area contributed by atoms with Gasteiger partial charge in [-0.25, -0.2) is 0 Å². The standard InChI is InChI=1S/C7H6Cl2O2S/c1-12(11)7-5(9)3-2-4(8)6(7)10/h2-3,10H,1H3. The quantitative estimate of drug-likeness (QED) is 0.796. The second-order valence-corrected chi connectivity index (χ2v) is 4.29. The van der Waals surface area contributed by atoms with Crippen LogP contribution in [0, 0.1) is 0 Å². The monoisotopic (exact) mass is 224 g/mol. The van der Waals surface area contributed by atoms with Gasteiger partial charge >= 0.3 is 0 Å². The van der Waals surface area contributed by atoms with Gasteiger partial charge in [-0.3, -0.25) is 4.21 Å². The number of aromatic hydroxyl groups is 1. The Hall–Kier alpha value is -0.250. The van der Waals surface area contributed by atoms with E-state index in [0.29, 0.717) is 0 Å². The first kappa shape index (κ1) is 9.84. The fraction of sp³-hybridized carbons (Fsp3) is 0.143. The maximum atomic E-state index is 11.0. The minimum Gasteiger partial charge on any atom is -0.505 e. The summed E-state index contributed by atoms with van der Waals surface area (Å²) in [5, 5.41) is 9.76. The molecule has 1 aromatic rings. The molecular formula is C7H6Cl2O2S. The fourth-order valence-electron chi connectivity index (χ4n) is 0.796. The highest BCUT2D eigenvalue weighted by atomic mass is 35.5. The molecule has 0 aliphatic rings. The molecule has 1 unspecified atom stereocenters. The summed E-state index contributed by atoms with van der Waals surface area (Å²) in [4.78, 5) is 0.184. The van der Waals surface area contributed by atoms with E-state index < -0.39 is 10.8 Å². The third-order valence-corrected chi connectivity index (χ3v) is 3.04. The molecule has 1 rings (SSSR count). The van der Waals surface area contributed by atoms with Crippen molar-refractivity contribution in [1.82, 2.24) is 0 Å². The van der Waals surface area contributed by atoms with Crippen molar-refractivity contribution in [3.05, 3.63) is 22.2 Å². The Bertz CT molecular complexity index is 338. The van der Waals surface area contributed by atoms with Crippen LogP contribution in [0.15, 0.2) is 17.0 Å². The largest absolute Gasteiger partial charge is 0.505 e. The fourth-order valence-corrected chi connectivity index (χ4v) is 2.21. The Morgan fingerprint density at radius 3 is 2.25 bits per heavy atom. The molecule has 0 amide bonds. The second-order valence-electron chi connectivity index (χ2n) is 2.16. The summed E-state index contributed by atoms with van der Waals surface area (Å²) in [6.45, 7) is 0. The zero-order valence-corrected chi connectivity index (χ0v) is 8.50. The number of hydrogen-bond acceptors (Lipinski definition) is 2. The molecule has 66 valence electrons. The van der Waals surface area contributed by atoms with Crippen LogP contribution in [-0.4, -0.2) is 15.6 Å². The van der Waals surface area contributed by atoms with E-state index in [0.717, 1.165) is 0 Å². The molecule has 0 radical (unpaired) electrons. The van der Waals surface area contributed by atoms with Crippen molar-refractivity contribution in [3.63, 3.8) is 0 Å². The minimum absolute atomic E-state index is 0.157. The average molecular weight is 225 g/mol. The van der Waals surface area contributed by atoms with Gasteiger partial charge in [0.2, 0.25) is 0 Å². The van der Waals surface area contributed by atoms with Crippen molar-refractivity contribution in [3.8, 4) is 5.75 Å². The first-order valence-electron chi connectivity index (χ1n) is 3.04. The van der Waals surface area contributed by atoms with Gasteiger partial charge in [-0.05, 0) is 12.1 Å². The molecular weight excluding hydrogens is 219 g/mol. The minimum atomic E-state index is -1.33. The first-order chi connectivity index (χ1) is 5.54. The third kappa shape index (κ3) is 1.73. The van der Waals surface area contributed by atoms with Crippen LogP contribution in [0.25, 0.3) is 0 Å². The van der Waals surface area contributed by atoms with Crippen LogP contribution in [0.2, 0.25) is 10.0 Å². The van der Waals surface area contributed by atoms with E-state index in [1.807, 2.05) is 0 Å². The van der Waals surface area contributed by atoms with Crippen LogP contribution in [0.1, 0.15) is 0 Å². The number of hydrogen-bond donors (Lipinski definition) is 1. The molecule has 0 saturated carbocycles. The summed E-state index contributed by atoms with van der Waals surface area (Å²) in [5.74, 6) is -0.204. The Labute approximate surface area is 82.6 Å². The van der Waals surface area contributed by atoms with Crippen molar-refractivity contribution < 1.29 is 9.32 Å². The van der Waals surface area contributed by atoms with Gasteiger partial charge < -0.3 is 5.11 Å². The summed E-state index contributed by atoms with van der Waals surface area (Å²) in [7, 11) is -1.33. The van der Waals surface area contributed by atoms with E-state index in [-0.39, 0.29) is 20.7 Å². The molecule has 0 bridgehead atoms. The molecule has 0 aliphatic carbocycles. The van der Waals surface area contributed by atoms with Crippen LogP contribution in [-0.2, 0) is 10.8 Å². The van der Waals surface area contributed by atoms with Crippen LogP contribution in [0.3, 0.4) is 0 Å². The van der Waals surface area contributed by atoms with E-state index in [1.165, 1.54) is 18.4 Å². The predicted octanol–water partition coefficient (Wildman–Crippen LogP) is 2.44. The lowest BCUT2D eigenvalue weighted by Crippen LogP contribution is -1.89. The van der Waals surface area contributed by atoms with Crippen LogP contribution in [0.4, 0.5) is 0 Å². The lowest BCUT2D eigenvalue weighted by Gasteiger charge is -2.04. The summed E-state index contributed by atoms with van der Waals surface area (Å²) >= 11 is 11.3. The normalized spacial score (nSPS) is 12.9. The topological polar surface area (TPSA) is 37.3 Å². The maximum absolute atomic E-state index is 11.0. The smallest absolute Gasteiger partial charge is 0.151 e. The van der Waals surface area contributed by atoms with Gasteiger partial charge in [-0.1, -0.05) is 23.2 Å². The molecule has 1 atom stereocenters. The van der Waals surface area contributed by atoms with Gasteiger partial charge in [-0.15, -0.1) is 0 Å². The number of rotatable bonds is 1. The van der Waals surface area contributed by atoms with Crippen LogP contribution < -0.4 is 0 Å². The van der Waals surface area contributed by atoms with Crippen molar-refractivity contribution in [2.75, 3.05) is 6.26 Å². The first-order valence-corrected chi connectivity index (χ1v) is 5.36. The molecule has 0 fully saturated rings. The van der Waals surface area contributed by atoms with Crippen LogP contribution >= 0.6 is 23.2 Å². The number of halogens is 2. The molecule has 2 nitrogen and oxygen atoms in total. The van der Waals surface area contributed by atoms with Gasteiger partial charge in [0.1, 0.15) is 4.90 Å². The molecule has 0 spiro atoms. The van der Waals surface area contributed by atoms with E-state index >= 15 is 0 Å². The highest BCUT2D eigenvalue weighted by Crippen LogP contribution is 2.34. The van der Waals surface area contributed by atoms with Crippen molar-refractivity contribution in [1.29, 1.82) is 0 Å². The van der Waals surface area contributed by atoms with Crippen molar-refractivity contribution in [2.45, 2.75) is 4.90 Å². The van der Waals surface area contributed by atoms with Gasteiger partial charge in [0.15, 0.2) is 5.75 Å². The molecule has 1 aromatic carbocycles. The predicted molar refractivity (Wildman–Crippen MR) is 50.5 cm³/mol. The number of phenolic OH excluding ortho intramolecular Hbond substituents is 1. The Morgan fingerprint density at radius 1 is 1.33 bits per heavy atom. The van der Waals surface area contributed by atoms with Gasteiger partial charge in [-0.2, -0.15) is 0 Å². The highest BCUT2D eigenvalue weighted by molar-refractivity contribution is 7.84. The molecule has 5 heteroatoms. The third-order valence-electron chi connectivity index (χ3n) is 1.32. The number of phenols is 1. The SMILES string of the molecule is CS(=O)c1c(Cl)ccc(Cl)c1O. The van der Waals surface area contributed by atoms with Gasteiger partial charge in [0, 0.05) is 6.26 Å². The summed E-state index contributed by atoms with van der Waals surface area (Å²) in [6.07, 6.45) is 1.43. The Balaban J connectivity index is 3.43. The molecule has 1 N–H and O–H groups in total. The zero-order valence-electron chi connectivity index (χ0n) is 6.17. The van der Waals surface area contributed by atoms with Crippen LogP contribution in [0.5, 0.6) is 5.75 Å². The molecule has 0 saturated heterocycles. The average Bonchev–Trinajstić information content (AvgIpc) is 1.97. The van der Waals surface area contributed by atoms with E-state index in [9.17, 15) is 9.32 Å². The lowest BCUT2D eigenvalue weighted by atomic mass is 10.3. The second kappa shape index (κ2) is 3.64. The molecule has 0 aliphatic heterocycles.